The Morgan fingerprint density at radius 1 is 0.913 bits per heavy atom. The standard InChI is InChI=1S/C17H10N2O4/c20-15-10-6-5-8(17(22)23)7-12(10)18-14(15)13-9-3-1-2-4-11(9)19-16(13)21/h1-7,18H,(H,19,21)(H,22,23)/b14-13-. The van der Waals surface area contributed by atoms with Crippen LogP contribution in [0.3, 0.4) is 0 Å². The highest BCUT2D eigenvalue weighted by molar-refractivity contribution is 6.38. The van der Waals surface area contributed by atoms with Crippen molar-refractivity contribution in [3.8, 4) is 0 Å². The van der Waals surface area contributed by atoms with Gasteiger partial charge in [-0.15, -0.1) is 0 Å². The summed E-state index contributed by atoms with van der Waals surface area (Å²) in [5.74, 6) is -1.75. The Hall–Kier alpha value is -3.41. The number of allylic oxidation sites excluding steroid dienone is 1. The lowest BCUT2D eigenvalue weighted by Gasteiger charge is -2.03. The first-order valence-corrected chi connectivity index (χ1v) is 6.90. The zero-order valence-corrected chi connectivity index (χ0v) is 11.7. The van der Waals surface area contributed by atoms with Crippen LogP contribution in [0.1, 0.15) is 26.3 Å². The smallest absolute Gasteiger partial charge is 0.335 e. The van der Waals surface area contributed by atoms with Crippen molar-refractivity contribution in [2.24, 2.45) is 0 Å². The number of benzene rings is 2. The quantitative estimate of drug-likeness (QED) is 0.703. The zero-order valence-electron chi connectivity index (χ0n) is 11.7. The minimum absolute atomic E-state index is 0.0755. The third-order valence-corrected chi connectivity index (χ3v) is 3.92. The summed E-state index contributed by atoms with van der Waals surface area (Å²) in [6.45, 7) is 0. The van der Waals surface area contributed by atoms with Crippen LogP contribution < -0.4 is 10.6 Å². The molecule has 4 rings (SSSR count). The predicted molar refractivity (Wildman–Crippen MR) is 83.3 cm³/mol. The van der Waals surface area contributed by atoms with Crippen LogP contribution in [0.15, 0.2) is 48.2 Å². The maximum Gasteiger partial charge on any atom is 0.335 e. The van der Waals surface area contributed by atoms with E-state index in [1.165, 1.54) is 18.2 Å². The molecule has 0 fully saturated rings. The zero-order chi connectivity index (χ0) is 16.1. The number of carbonyl (C=O) groups is 3. The van der Waals surface area contributed by atoms with Crippen LogP contribution in [0, 0.1) is 0 Å². The molecule has 0 atom stereocenters. The number of rotatable bonds is 1. The van der Waals surface area contributed by atoms with Gasteiger partial charge in [0.25, 0.3) is 5.91 Å². The average molecular weight is 306 g/mol. The molecule has 0 saturated carbocycles. The number of hydrogen-bond acceptors (Lipinski definition) is 4. The molecule has 2 aliphatic heterocycles. The normalized spacial score (nSPS) is 18.3. The van der Waals surface area contributed by atoms with Gasteiger partial charge < -0.3 is 15.7 Å². The molecule has 3 N–H and O–H groups in total. The summed E-state index contributed by atoms with van der Waals surface area (Å²) in [7, 11) is 0. The molecular formula is C17H10N2O4. The van der Waals surface area contributed by atoms with Crippen molar-refractivity contribution in [2.45, 2.75) is 0 Å². The number of Topliss-reactive ketones (excluding diaryl/α,β-unsaturated/α-hetero) is 1. The highest BCUT2D eigenvalue weighted by atomic mass is 16.4. The molecule has 6 heteroatoms. The van der Waals surface area contributed by atoms with Crippen LogP contribution >= 0.6 is 0 Å². The van der Waals surface area contributed by atoms with E-state index in [1.807, 2.05) is 0 Å². The summed E-state index contributed by atoms with van der Waals surface area (Å²) in [6, 6.07) is 11.3. The molecule has 0 saturated heterocycles. The van der Waals surface area contributed by atoms with Crippen LogP contribution in [0.2, 0.25) is 0 Å². The van der Waals surface area contributed by atoms with Gasteiger partial charge in [-0.25, -0.2) is 4.79 Å². The molecule has 6 nitrogen and oxygen atoms in total. The van der Waals surface area contributed by atoms with Crippen molar-refractivity contribution in [3.63, 3.8) is 0 Å². The van der Waals surface area contributed by atoms with E-state index < -0.39 is 5.97 Å². The highest BCUT2D eigenvalue weighted by Gasteiger charge is 2.35. The molecule has 0 aromatic heterocycles. The lowest BCUT2D eigenvalue weighted by Crippen LogP contribution is -2.11. The summed E-state index contributed by atoms with van der Waals surface area (Å²) in [4.78, 5) is 35.9. The number of hydrogen-bond donors (Lipinski definition) is 3. The Labute approximate surface area is 130 Å². The summed E-state index contributed by atoms with van der Waals surface area (Å²) in [5.41, 5.74) is 2.58. The van der Waals surface area contributed by atoms with E-state index in [9.17, 15) is 14.4 Å². The number of aromatic carboxylic acids is 1. The number of carboxylic acids is 1. The van der Waals surface area contributed by atoms with Gasteiger partial charge in [0.2, 0.25) is 5.78 Å². The second-order valence-electron chi connectivity index (χ2n) is 5.27. The second-order valence-corrected chi connectivity index (χ2v) is 5.27. The van der Waals surface area contributed by atoms with Gasteiger partial charge in [-0.3, -0.25) is 9.59 Å². The number of fused-ring (bicyclic) bond motifs is 2. The van der Waals surface area contributed by atoms with Crippen molar-refractivity contribution in [1.82, 2.24) is 0 Å². The summed E-state index contributed by atoms with van der Waals surface area (Å²) < 4.78 is 0. The molecule has 0 radical (unpaired) electrons. The summed E-state index contributed by atoms with van der Waals surface area (Å²) in [5, 5.41) is 14.7. The van der Waals surface area contributed by atoms with Crippen molar-refractivity contribution in [2.75, 3.05) is 10.6 Å². The Balaban J connectivity index is 1.88. The molecule has 2 heterocycles. The van der Waals surface area contributed by atoms with E-state index in [-0.39, 0.29) is 28.5 Å². The highest BCUT2D eigenvalue weighted by Crippen LogP contribution is 2.38. The van der Waals surface area contributed by atoms with E-state index in [0.717, 1.165) is 0 Å². The third kappa shape index (κ3) is 1.85. The maximum atomic E-state index is 12.6. The number of nitrogens with one attached hydrogen (secondary N) is 2. The number of para-hydroxylation sites is 1. The van der Waals surface area contributed by atoms with E-state index >= 15 is 0 Å². The SMILES string of the molecule is O=C1Nc2ccccc2/C1=C1/Nc2cc(C(=O)O)ccc2C1=O. The fourth-order valence-corrected chi connectivity index (χ4v) is 2.85. The number of carbonyl (C=O) groups excluding carboxylic acids is 2. The molecule has 0 aliphatic carbocycles. The van der Waals surface area contributed by atoms with Crippen LogP contribution in [-0.2, 0) is 4.79 Å². The first kappa shape index (κ1) is 13.3. The van der Waals surface area contributed by atoms with E-state index in [1.54, 1.807) is 24.3 Å². The Morgan fingerprint density at radius 2 is 1.70 bits per heavy atom. The van der Waals surface area contributed by atoms with Gasteiger partial charge in [-0.1, -0.05) is 18.2 Å². The van der Waals surface area contributed by atoms with Crippen molar-refractivity contribution >= 4 is 34.6 Å². The molecule has 23 heavy (non-hydrogen) atoms. The van der Waals surface area contributed by atoms with Gasteiger partial charge in [0, 0.05) is 16.8 Å². The van der Waals surface area contributed by atoms with Gasteiger partial charge in [0.15, 0.2) is 0 Å². The van der Waals surface area contributed by atoms with Gasteiger partial charge in [-0.05, 0) is 24.3 Å². The predicted octanol–water partition coefficient (Wildman–Crippen LogP) is 2.36. The second kappa shape index (κ2) is 4.54. The van der Waals surface area contributed by atoms with Gasteiger partial charge in [0.05, 0.1) is 16.8 Å². The molecule has 0 bridgehead atoms. The first-order chi connectivity index (χ1) is 11.1. The number of carboxylic acid groups (broad SMARTS) is 1. The van der Waals surface area contributed by atoms with E-state index in [2.05, 4.69) is 10.6 Å². The molecular weight excluding hydrogens is 296 g/mol. The third-order valence-electron chi connectivity index (χ3n) is 3.92. The minimum atomic E-state index is -1.08. The van der Waals surface area contributed by atoms with Crippen LogP contribution in [0.4, 0.5) is 11.4 Å². The lowest BCUT2D eigenvalue weighted by molar-refractivity contribution is -0.110. The van der Waals surface area contributed by atoms with Crippen LogP contribution in [0.25, 0.3) is 5.57 Å². The maximum absolute atomic E-state index is 12.6. The van der Waals surface area contributed by atoms with E-state index in [0.29, 0.717) is 22.5 Å². The first-order valence-electron chi connectivity index (χ1n) is 6.90. The van der Waals surface area contributed by atoms with Gasteiger partial charge >= 0.3 is 5.97 Å². The molecule has 1 amide bonds. The lowest BCUT2D eigenvalue weighted by atomic mass is 10.0. The molecule has 0 unspecified atom stereocenters. The van der Waals surface area contributed by atoms with Crippen molar-refractivity contribution in [3.05, 3.63) is 64.9 Å². The van der Waals surface area contributed by atoms with Crippen LogP contribution in [0.5, 0.6) is 0 Å². The molecule has 2 aromatic carbocycles. The Bertz CT molecular complexity index is 943. The fraction of sp³-hybridized carbons (Fsp3) is 0. The molecule has 2 aliphatic rings. The van der Waals surface area contributed by atoms with Gasteiger partial charge in [-0.2, -0.15) is 0 Å². The van der Waals surface area contributed by atoms with Crippen LogP contribution in [-0.4, -0.2) is 22.8 Å². The molecule has 0 spiro atoms. The van der Waals surface area contributed by atoms with Crippen molar-refractivity contribution in [1.29, 1.82) is 0 Å². The summed E-state index contributed by atoms with van der Waals surface area (Å²) in [6.07, 6.45) is 0. The Morgan fingerprint density at radius 3 is 2.48 bits per heavy atom. The van der Waals surface area contributed by atoms with Gasteiger partial charge in [0.1, 0.15) is 5.70 Å². The number of anilines is 2. The van der Waals surface area contributed by atoms with E-state index in [4.69, 9.17) is 5.11 Å². The fourth-order valence-electron chi connectivity index (χ4n) is 2.85. The van der Waals surface area contributed by atoms with Crippen molar-refractivity contribution < 1.29 is 19.5 Å². The summed E-state index contributed by atoms with van der Waals surface area (Å²) >= 11 is 0. The monoisotopic (exact) mass is 306 g/mol. The Kier molecular flexibility index (Phi) is 2.62. The topological polar surface area (TPSA) is 95.5 Å². The molecule has 2 aromatic rings. The largest absolute Gasteiger partial charge is 0.478 e. The number of ketones is 1. The average Bonchev–Trinajstić information content (AvgIpc) is 3.03. The minimum Gasteiger partial charge on any atom is -0.478 e. The molecule has 112 valence electrons. The number of amides is 1.